The van der Waals surface area contributed by atoms with Gasteiger partial charge in [0.05, 0.1) is 18.3 Å². The van der Waals surface area contributed by atoms with Crippen LogP contribution in [0.15, 0.2) is 41.4 Å². The summed E-state index contributed by atoms with van der Waals surface area (Å²) in [7, 11) is 0. The van der Waals surface area contributed by atoms with Crippen molar-refractivity contribution in [2.75, 3.05) is 13.1 Å². The molecule has 12 nitrogen and oxygen atoms in total. The molecule has 12 heteroatoms. The molecule has 0 saturated carbocycles. The lowest BCUT2D eigenvalue weighted by Gasteiger charge is -2.26. The zero-order valence-electron chi connectivity index (χ0n) is 24.0. The van der Waals surface area contributed by atoms with Gasteiger partial charge < -0.3 is 26.8 Å². The number of nitrogens with one attached hydrogen (secondary N) is 3. The Morgan fingerprint density at radius 1 is 0.976 bits per heavy atom. The number of urea groups is 1. The second-order valence-electron chi connectivity index (χ2n) is 10.3. The van der Waals surface area contributed by atoms with Crippen LogP contribution in [0.4, 0.5) is 10.5 Å². The maximum Gasteiger partial charge on any atom is 0.312 e. The second kappa shape index (κ2) is 16.9. The number of carbonyl (C=O) groups excluding carboxylic acids is 5. The van der Waals surface area contributed by atoms with E-state index in [1.165, 1.54) is 17.1 Å². The Hall–Kier alpha value is -4.06. The third-order valence-electron chi connectivity index (χ3n) is 6.67. The lowest BCUT2D eigenvalue weighted by molar-refractivity contribution is -0.137. The molecule has 0 aliphatic carbocycles. The Labute approximate surface area is 240 Å². The number of nitrogens with zero attached hydrogens (tertiary/aromatic N) is 2. The number of unbranched alkanes of at least 4 members (excludes halogenated alkanes) is 2. The zero-order chi connectivity index (χ0) is 30.4. The summed E-state index contributed by atoms with van der Waals surface area (Å²) in [5.74, 6) is -1.42. The predicted octanol–water partition coefficient (Wildman–Crippen LogP) is 1.83. The van der Waals surface area contributed by atoms with E-state index in [0.29, 0.717) is 56.6 Å². The van der Waals surface area contributed by atoms with Crippen LogP contribution in [0, 0.1) is 5.92 Å². The standard InChI is InChI=1S/C29H42N6O6/c1-19(2)27(34-24(37)9-5-4-6-17-35-25(38)14-15-26(35)39)28(40)33-23(8-7-16-31-29(30)41)20(3)32-22-12-10-21(18-36)11-13-22/h10-15,19,23,27,36H,4-9,16-18H2,1-3H3,(H,33,40)(H,34,37)(H3,30,31,41). The molecule has 0 bridgehead atoms. The summed E-state index contributed by atoms with van der Waals surface area (Å²) in [6.07, 6.45) is 5.52. The molecule has 0 radical (unpaired) electrons. The fourth-order valence-electron chi connectivity index (χ4n) is 4.29. The molecule has 0 fully saturated rings. The Balaban J connectivity index is 1.96. The molecule has 1 aromatic rings. The van der Waals surface area contributed by atoms with E-state index >= 15 is 0 Å². The Morgan fingerprint density at radius 2 is 1.63 bits per heavy atom. The Bertz CT molecular complexity index is 1110. The average Bonchev–Trinajstić information content (AvgIpc) is 3.25. The van der Waals surface area contributed by atoms with Gasteiger partial charge in [0.2, 0.25) is 11.8 Å². The van der Waals surface area contributed by atoms with Crippen molar-refractivity contribution in [1.82, 2.24) is 20.9 Å². The molecule has 0 saturated heterocycles. The van der Waals surface area contributed by atoms with E-state index in [0.717, 1.165) is 5.56 Å². The van der Waals surface area contributed by atoms with Gasteiger partial charge in [-0.15, -0.1) is 0 Å². The van der Waals surface area contributed by atoms with Crippen molar-refractivity contribution in [2.45, 2.75) is 78.0 Å². The molecule has 224 valence electrons. The lowest BCUT2D eigenvalue weighted by Crippen LogP contribution is -2.53. The number of amides is 6. The SMILES string of the molecule is CC(=Nc1ccc(CO)cc1)C(CCCNC(N)=O)NC(=O)C(NC(=O)CCCCCN1C(=O)C=CC1=O)C(C)C. The normalized spacial score (nSPS) is 14.8. The number of hydrogen-bond donors (Lipinski definition) is 5. The van der Waals surface area contributed by atoms with Crippen molar-refractivity contribution in [2.24, 2.45) is 16.6 Å². The molecule has 2 rings (SSSR count). The molecule has 41 heavy (non-hydrogen) atoms. The van der Waals surface area contributed by atoms with Gasteiger partial charge in [0.25, 0.3) is 11.8 Å². The zero-order valence-corrected chi connectivity index (χ0v) is 24.0. The van der Waals surface area contributed by atoms with Gasteiger partial charge in [0.15, 0.2) is 0 Å². The molecule has 0 aromatic heterocycles. The van der Waals surface area contributed by atoms with E-state index in [4.69, 9.17) is 5.73 Å². The smallest absolute Gasteiger partial charge is 0.312 e. The van der Waals surface area contributed by atoms with E-state index < -0.39 is 18.1 Å². The monoisotopic (exact) mass is 570 g/mol. The quantitative estimate of drug-likeness (QED) is 0.108. The maximum absolute atomic E-state index is 13.3. The summed E-state index contributed by atoms with van der Waals surface area (Å²) in [4.78, 5) is 66.1. The number of carbonyl (C=O) groups is 5. The molecule has 2 unspecified atom stereocenters. The van der Waals surface area contributed by atoms with Gasteiger partial charge >= 0.3 is 6.03 Å². The fourth-order valence-corrected chi connectivity index (χ4v) is 4.29. The van der Waals surface area contributed by atoms with Crippen LogP contribution >= 0.6 is 0 Å². The van der Waals surface area contributed by atoms with Crippen LogP contribution in [0.5, 0.6) is 0 Å². The number of aliphatic hydroxyl groups excluding tert-OH is 1. The summed E-state index contributed by atoms with van der Waals surface area (Å²) in [6, 6.07) is 5.23. The van der Waals surface area contributed by atoms with Crippen LogP contribution in [-0.4, -0.2) is 70.6 Å². The summed E-state index contributed by atoms with van der Waals surface area (Å²) in [6.45, 7) is 6.06. The summed E-state index contributed by atoms with van der Waals surface area (Å²) < 4.78 is 0. The number of nitrogens with two attached hydrogens (primary N) is 1. The minimum absolute atomic E-state index is 0.0742. The number of benzene rings is 1. The van der Waals surface area contributed by atoms with Gasteiger partial charge in [-0.3, -0.25) is 29.1 Å². The molecule has 0 spiro atoms. The van der Waals surface area contributed by atoms with Gasteiger partial charge in [-0.2, -0.15) is 0 Å². The lowest BCUT2D eigenvalue weighted by atomic mass is 10.0. The van der Waals surface area contributed by atoms with Crippen molar-refractivity contribution in [1.29, 1.82) is 0 Å². The van der Waals surface area contributed by atoms with Crippen molar-refractivity contribution >= 4 is 41.1 Å². The first-order chi connectivity index (χ1) is 19.5. The van der Waals surface area contributed by atoms with E-state index in [1.54, 1.807) is 31.2 Å². The van der Waals surface area contributed by atoms with Gasteiger partial charge in [0, 0.05) is 37.4 Å². The van der Waals surface area contributed by atoms with E-state index in [1.807, 2.05) is 13.8 Å². The van der Waals surface area contributed by atoms with Crippen LogP contribution in [0.3, 0.4) is 0 Å². The summed E-state index contributed by atoms with van der Waals surface area (Å²) >= 11 is 0. The third-order valence-corrected chi connectivity index (χ3v) is 6.67. The van der Waals surface area contributed by atoms with Crippen molar-refractivity contribution < 1.29 is 29.1 Å². The van der Waals surface area contributed by atoms with Crippen LogP contribution in [-0.2, 0) is 25.8 Å². The Kier molecular flexibility index (Phi) is 13.7. The van der Waals surface area contributed by atoms with E-state index in [2.05, 4.69) is 20.9 Å². The highest BCUT2D eigenvalue weighted by molar-refractivity contribution is 6.12. The Morgan fingerprint density at radius 3 is 2.22 bits per heavy atom. The number of rotatable bonds is 17. The van der Waals surface area contributed by atoms with Gasteiger partial charge in [-0.05, 0) is 56.2 Å². The summed E-state index contributed by atoms with van der Waals surface area (Å²) in [5.41, 5.74) is 7.22. The van der Waals surface area contributed by atoms with E-state index in [-0.39, 0.29) is 42.6 Å². The number of hydrogen-bond acceptors (Lipinski definition) is 7. The first-order valence-electron chi connectivity index (χ1n) is 13.9. The molecule has 6 amide bonds. The minimum Gasteiger partial charge on any atom is -0.392 e. The number of aliphatic hydroxyl groups is 1. The minimum atomic E-state index is -0.767. The van der Waals surface area contributed by atoms with Crippen molar-refractivity contribution in [3.63, 3.8) is 0 Å². The molecule has 1 aliphatic rings. The van der Waals surface area contributed by atoms with Crippen LogP contribution in [0.2, 0.25) is 0 Å². The third kappa shape index (κ3) is 11.5. The summed E-state index contributed by atoms with van der Waals surface area (Å²) in [5, 5.41) is 17.6. The molecular weight excluding hydrogens is 528 g/mol. The molecule has 2 atom stereocenters. The number of imide groups is 1. The number of primary amides is 1. The molecule has 6 N–H and O–H groups in total. The van der Waals surface area contributed by atoms with Gasteiger partial charge in [0.1, 0.15) is 6.04 Å². The van der Waals surface area contributed by atoms with E-state index in [9.17, 15) is 29.1 Å². The van der Waals surface area contributed by atoms with Crippen LogP contribution in [0.25, 0.3) is 0 Å². The predicted molar refractivity (Wildman–Crippen MR) is 155 cm³/mol. The van der Waals surface area contributed by atoms with Gasteiger partial charge in [-0.25, -0.2) is 4.79 Å². The largest absolute Gasteiger partial charge is 0.392 e. The highest BCUT2D eigenvalue weighted by Crippen LogP contribution is 2.16. The average molecular weight is 571 g/mol. The number of aliphatic imine (C=N–C) groups is 1. The second-order valence-corrected chi connectivity index (χ2v) is 10.3. The first kappa shape index (κ1) is 33.1. The van der Waals surface area contributed by atoms with Crippen molar-refractivity contribution in [3.05, 3.63) is 42.0 Å². The first-order valence-corrected chi connectivity index (χ1v) is 13.9. The molecule has 1 aliphatic heterocycles. The van der Waals surface area contributed by atoms with Crippen LogP contribution in [0.1, 0.15) is 64.9 Å². The molecular formula is C29H42N6O6. The van der Waals surface area contributed by atoms with Crippen LogP contribution < -0.4 is 21.7 Å². The van der Waals surface area contributed by atoms with Crippen molar-refractivity contribution in [3.8, 4) is 0 Å². The highest BCUT2D eigenvalue weighted by Gasteiger charge is 2.27. The fraction of sp³-hybridized carbons (Fsp3) is 0.517. The molecule has 1 heterocycles. The molecule has 1 aromatic carbocycles. The topological polar surface area (TPSA) is 183 Å². The van der Waals surface area contributed by atoms with Gasteiger partial charge in [-0.1, -0.05) is 32.4 Å². The maximum atomic E-state index is 13.3. The highest BCUT2D eigenvalue weighted by atomic mass is 16.3.